The Labute approximate surface area is 66.7 Å². The van der Waals surface area contributed by atoms with E-state index in [1.165, 1.54) is 0 Å². The van der Waals surface area contributed by atoms with Gasteiger partial charge in [0.1, 0.15) is 0 Å². The third-order valence-electron chi connectivity index (χ3n) is 0.541. The summed E-state index contributed by atoms with van der Waals surface area (Å²) in [5.41, 5.74) is 0. The third kappa shape index (κ3) is 7.31. The van der Waals surface area contributed by atoms with Crippen molar-refractivity contribution in [2.75, 3.05) is 5.75 Å². The molecule has 0 unspecified atom stereocenters. The average molecular weight is 247 g/mol. The minimum atomic E-state index is 0.0712. The first-order valence-electron chi connectivity index (χ1n) is 2.02. The Balaban J connectivity index is 3.15. The average Bonchev–Trinajstić information content (AvgIpc) is 1.30. The summed E-state index contributed by atoms with van der Waals surface area (Å²) in [7, 11) is 0. The van der Waals surface area contributed by atoms with Crippen LogP contribution in [0.15, 0.2) is 0 Å². The van der Waals surface area contributed by atoms with Gasteiger partial charge in [-0.2, -0.15) is 0 Å². The molecule has 3 heteroatoms. The number of alkyl halides is 2. The molecule has 0 aromatic carbocycles. The summed E-state index contributed by atoms with van der Waals surface area (Å²) in [5, 5.41) is 0. The molecule has 0 saturated carbocycles. The Kier molecular flexibility index (Phi) is 3.99. The Bertz CT molecular complexity index is 48.1. The van der Waals surface area contributed by atoms with Crippen molar-refractivity contribution in [3.05, 3.63) is 0 Å². The number of halogens is 2. The van der Waals surface area contributed by atoms with E-state index in [2.05, 4.69) is 31.9 Å². The standard InChI is InChI=1S/C4H7Br2S/c1-4(5,6)2-3-7/h2-3H2,1H3. The smallest absolute Gasteiger partial charge is 0.0785 e. The number of hydrogen-bond donors (Lipinski definition) is 0. The van der Waals surface area contributed by atoms with Gasteiger partial charge in [0, 0.05) is 5.75 Å². The maximum Gasteiger partial charge on any atom is 0.0785 e. The quantitative estimate of drug-likeness (QED) is 0.657. The molecule has 0 atom stereocenters. The first-order chi connectivity index (χ1) is 3.06. The van der Waals surface area contributed by atoms with Crippen LogP contribution >= 0.6 is 44.5 Å². The van der Waals surface area contributed by atoms with Gasteiger partial charge in [-0.05, 0) is 13.3 Å². The summed E-state index contributed by atoms with van der Waals surface area (Å²) < 4.78 is 0.0712. The van der Waals surface area contributed by atoms with Crippen molar-refractivity contribution in [3.8, 4) is 0 Å². The lowest BCUT2D eigenvalue weighted by Crippen LogP contribution is -2.03. The van der Waals surface area contributed by atoms with Crippen LogP contribution in [0.1, 0.15) is 13.3 Å². The number of rotatable bonds is 2. The molecule has 0 bridgehead atoms. The molecule has 0 aromatic rings. The van der Waals surface area contributed by atoms with Gasteiger partial charge in [-0.1, -0.05) is 44.5 Å². The molecule has 0 rings (SSSR count). The molecule has 43 valence electrons. The first-order valence-corrected chi connectivity index (χ1v) is 4.18. The second-order valence-corrected chi connectivity index (χ2v) is 6.50. The van der Waals surface area contributed by atoms with Crippen molar-refractivity contribution >= 4 is 44.5 Å². The summed E-state index contributed by atoms with van der Waals surface area (Å²) in [6.07, 6.45) is 0.988. The molecule has 0 aromatic heterocycles. The molecule has 0 aliphatic rings. The van der Waals surface area contributed by atoms with Crippen LogP contribution in [0.4, 0.5) is 0 Å². The third-order valence-corrected chi connectivity index (χ3v) is 1.54. The van der Waals surface area contributed by atoms with Gasteiger partial charge in [-0.15, -0.1) is 0 Å². The molecular weight excluding hydrogens is 240 g/mol. The van der Waals surface area contributed by atoms with Crippen LogP contribution < -0.4 is 0 Å². The topological polar surface area (TPSA) is 0 Å². The Morgan fingerprint density at radius 1 is 1.57 bits per heavy atom. The molecule has 0 aliphatic heterocycles. The van der Waals surface area contributed by atoms with Crippen molar-refractivity contribution in [3.63, 3.8) is 0 Å². The predicted octanol–water partition coefficient (Wildman–Crippen LogP) is 3.08. The van der Waals surface area contributed by atoms with E-state index in [0.29, 0.717) is 0 Å². The minimum Gasteiger partial charge on any atom is -0.0941 e. The van der Waals surface area contributed by atoms with Gasteiger partial charge in [0.25, 0.3) is 0 Å². The lowest BCUT2D eigenvalue weighted by molar-refractivity contribution is 0.891. The molecule has 0 aliphatic carbocycles. The zero-order valence-corrected chi connectivity index (χ0v) is 8.07. The van der Waals surface area contributed by atoms with Crippen LogP contribution in [0.25, 0.3) is 0 Å². The van der Waals surface area contributed by atoms with E-state index in [0.717, 1.165) is 12.2 Å². The molecule has 1 radical (unpaired) electrons. The summed E-state index contributed by atoms with van der Waals surface area (Å²) in [5.74, 6) is 0.799. The van der Waals surface area contributed by atoms with Crippen LogP contribution in [-0.4, -0.2) is 8.99 Å². The van der Waals surface area contributed by atoms with E-state index >= 15 is 0 Å². The molecule has 0 amide bonds. The molecule has 0 fully saturated rings. The summed E-state index contributed by atoms with van der Waals surface area (Å²) in [6.45, 7) is 2.04. The second kappa shape index (κ2) is 3.36. The monoisotopic (exact) mass is 245 g/mol. The highest BCUT2D eigenvalue weighted by atomic mass is 79.9. The second-order valence-electron chi connectivity index (χ2n) is 1.52. The first kappa shape index (κ1) is 8.31. The van der Waals surface area contributed by atoms with Gasteiger partial charge in [-0.25, -0.2) is 0 Å². The van der Waals surface area contributed by atoms with E-state index in [-0.39, 0.29) is 3.23 Å². The zero-order valence-electron chi connectivity index (χ0n) is 4.08. The van der Waals surface area contributed by atoms with Crippen LogP contribution in [-0.2, 0) is 0 Å². The van der Waals surface area contributed by atoms with Gasteiger partial charge in [0.05, 0.1) is 3.23 Å². The van der Waals surface area contributed by atoms with E-state index < -0.39 is 0 Å². The summed E-state index contributed by atoms with van der Waals surface area (Å²) >= 11 is 11.5. The molecule has 7 heavy (non-hydrogen) atoms. The van der Waals surface area contributed by atoms with Crippen molar-refractivity contribution in [1.82, 2.24) is 0 Å². The fourth-order valence-corrected chi connectivity index (χ4v) is 1.51. The van der Waals surface area contributed by atoms with Gasteiger partial charge >= 0.3 is 0 Å². The summed E-state index contributed by atoms with van der Waals surface area (Å²) in [4.78, 5) is 0. The van der Waals surface area contributed by atoms with Crippen LogP contribution in [0, 0.1) is 0 Å². The number of hydrogen-bond acceptors (Lipinski definition) is 0. The zero-order chi connectivity index (χ0) is 5.91. The van der Waals surface area contributed by atoms with Crippen molar-refractivity contribution in [2.45, 2.75) is 16.6 Å². The molecule has 0 heterocycles. The lowest BCUT2D eigenvalue weighted by atomic mass is 10.4. The largest absolute Gasteiger partial charge is 0.0941 e. The van der Waals surface area contributed by atoms with Crippen molar-refractivity contribution in [2.24, 2.45) is 0 Å². The Morgan fingerprint density at radius 3 is 2.00 bits per heavy atom. The molecule has 0 N–H and O–H groups in total. The normalized spacial score (nSPS) is 12.0. The Morgan fingerprint density at radius 2 is 2.00 bits per heavy atom. The van der Waals surface area contributed by atoms with Gasteiger partial charge in [-0.3, -0.25) is 0 Å². The van der Waals surface area contributed by atoms with Crippen molar-refractivity contribution < 1.29 is 0 Å². The highest BCUT2D eigenvalue weighted by Crippen LogP contribution is 2.28. The minimum absolute atomic E-state index is 0.0712. The highest BCUT2D eigenvalue weighted by molar-refractivity contribution is 9.25. The van der Waals surface area contributed by atoms with Crippen LogP contribution in [0.2, 0.25) is 0 Å². The van der Waals surface area contributed by atoms with Crippen LogP contribution in [0.5, 0.6) is 0 Å². The van der Waals surface area contributed by atoms with E-state index in [9.17, 15) is 0 Å². The van der Waals surface area contributed by atoms with Gasteiger partial charge < -0.3 is 0 Å². The van der Waals surface area contributed by atoms with Crippen LogP contribution in [0.3, 0.4) is 0 Å². The SMILES string of the molecule is CC(Br)(Br)CC[S]. The fraction of sp³-hybridized carbons (Fsp3) is 1.00. The van der Waals surface area contributed by atoms with E-state index in [1.54, 1.807) is 0 Å². The maximum atomic E-state index is 4.74. The highest BCUT2D eigenvalue weighted by Gasteiger charge is 2.12. The van der Waals surface area contributed by atoms with Gasteiger partial charge in [0.2, 0.25) is 0 Å². The maximum absolute atomic E-state index is 4.74. The van der Waals surface area contributed by atoms with E-state index in [4.69, 9.17) is 12.6 Å². The fourth-order valence-electron chi connectivity index (χ4n) is 0.179. The lowest BCUT2D eigenvalue weighted by Gasteiger charge is -2.09. The predicted molar refractivity (Wildman–Crippen MR) is 43.3 cm³/mol. The summed E-state index contributed by atoms with van der Waals surface area (Å²) in [6, 6.07) is 0. The molecule has 0 saturated heterocycles. The Hall–Kier alpha value is 1.31. The van der Waals surface area contributed by atoms with Gasteiger partial charge in [0.15, 0.2) is 0 Å². The molecule has 0 spiro atoms. The van der Waals surface area contributed by atoms with E-state index in [1.807, 2.05) is 6.92 Å². The van der Waals surface area contributed by atoms with Crippen molar-refractivity contribution in [1.29, 1.82) is 0 Å². The molecule has 0 nitrogen and oxygen atoms in total. The molecular formula is C4H7Br2S.